The highest BCUT2D eigenvalue weighted by molar-refractivity contribution is 5.80. The molecule has 4 rings (SSSR count). The van der Waals surface area contributed by atoms with Crippen molar-refractivity contribution in [3.8, 4) is 5.82 Å². The minimum atomic E-state index is 0.462. The third kappa shape index (κ3) is 2.55. The quantitative estimate of drug-likeness (QED) is 0.619. The van der Waals surface area contributed by atoms with Crippen molar-refractivity contribution in [1.82, 2.24) is 25.0 Å². The van der Waals surface area contributed by atoms with Crippen LogP contribution in [0, 0.1) is 0 Å². The zero-order chi connectivity index (χ0) is 17.2. The number of fused-ring (bicyclic) bond motifs is 1. The van der Waals surface area contributed by atoms with Gasteiger partial charge in [0, 0.05) is 12.2 Å². The van der Waals surface area contributed by atoms with Crippen molar-refractivity contribution in [2.24, 2.45) is 0 Å². The molecule has 0 spiro atoms. The topological polar surface area (TPSA) is 85.8 Å². The smallest absolute Gasteiger partial charge is 0.184 e. The summed E-state index contributed by atoms with van der Waals surface area (Å²) in [5, 5.41) is 8.38. The molecule has 0 fully saturated rings. The fourth-order valence-electron chi connectivity index (χ4n) is 2.85. The highest BCUT2D eigenvalue weighted by Gasteiger charge is 2.18. The molecular weight excluding hydrogens is 314 g/mol. The highest BCUT2D eigenvalue weighted by atomic mass is 15.4. The summed E-state index contributed by atoms with van der Waals surface area (Å²) in [6.45, 7) is 2.78. The molecule has 0 saturated carbocycles. The second-order valence-corrected chi connectivity index (χ2v) is 5.50. The van der Waals surface area contributed by atoms with E-state index < -0.39 is 0 Å². The van der Waals surface area contributed by atoms with Crippen LogP contribution in [0.2, 0.25) is 0 Å². The number of anilines is 3. The lowest BCUT2D eigenvalue weighted by Gasteiger charge is -2.23. The van der Waals surface area contributed by atoms with Gasteiger partial charge >= 0.3 is 0 Å². The molecule has 25 heavy (non-hydrogen) atoms. The summed E-state index contributed by atoms with van der Waals surface area (Å²) in [5.74, 6) is 1.17. The van der Waals surface area contributed by atoms with Crippen LogP contribution < -0.4 is 10.6 Å². The van der Waals surface area contributed by atoms with Gasteiger partial charge in [-0.2, -0.15) is 4.68 Å². The molecule has 124 valence electrons. The predicted octanol–water partition coefficient (Wildman–Crippen LogP) is 2.95. The van der Waals surface area contributed by atoms with Gasteiger partial charge in [0.2, 0.25) is 0 Å². The molecule has 0 saturated heterocycles. The van der Waals surface area contributed by atoms with Crippen molar-refractivity contribution in [3.63, 3.8) is 0 Å². The predicted molar refractivity (Wildman–Crippen MR) is 98.0 cm³/mol. The molecule has 7 nitrogen and oxygen atoms in total. The van der Waals surface area contributed by atoms with E-state index in [1.54, 1.807) is 4.68 Å². The van der Waals surface area contributed by atoms with Gasteiger partial charge in [0.05, 0.1) is 5.52 Å². The van der Waals surface area contributed by atoms with Gasteiger partial charge < -0.3 is 10.6 Å². The van der Waals surface area contributed by atoms with Crippen molar-refractivity contribution in [1.29, 1.82) is 0 Å². The highest BCUT2D eigenvalue weighted by Crippen LogP contribution is 2.31. The molecule has 7 heteroatoms. The molecule has 2 N–H and O–H groups in total. The minimum absolute atomic E-state index is 0.462. The maximum Gasteiger partial charge on any atom is 0.184 e. The van der Waals surface area contributed by atoms with Gasteiger partial charge in [0.1, 0.15) is 17.5 Å². The van der Waals surface area contributed by atoms with Crippen molar-refractivity contribution < 1.29 is 0 Å². The van der Waals surface area contributed by atoms with Crippen molar-refractivity contribution in [2.75, 3.05) is 17.2 Å². The van der Waals surface area contributed by atoms with Crippen LogP contribution in [0.1, 0.15) is 6.92 Å². The normalized spacial score (nSPS) is 10.9. The molecule has 0 amide bonds. The van der Waals surface area contributed by atoms with E-state index in [0.29, 0.717) is 17.3 Å². The molecule has 2 aromatic carbocycles. The van der Waals surface area contributed by atoms with Crippen molar-refractivity contribution in [2.45, 2.75) is 6.92 Å². The Morgan fingerprint density at radius 3 is 2.56 bits per heavy atom. The second-order valence-electron chi connectivity index (χ2n) is 5.50. The summed E-state index contributed by atoms with van der Waals surface area (Å²) >= 11 is 0. The van der Waals surface area contributed by atoms with Crippen LogP contribution in [0.4, 0.5) is 17.2 Å². The average Bonchev–Trinajstić information content (AvgIpc) is 3.09. The molecule has 0 aliphatic rings. The number of para-hydroxylation sites is 2. The SMILES string of the molecule is CCN(c1ccccc1)c1ncnc(-n2nnc3ccccc32)c1N. The number of hydrogen-bond donors (Lipinski definition) is 1. The Bertz CT molecular complexity index is 1010. The Morgan fingerprint density at radius 1 is 1.00 bits per heavy atom. The Labute approximate surface area is 144 Å². The van der Waals surface area contributed by atoms with Gasteiger partial charge in [-0.1, -0.05) is 35.5 Å². The maximum absolute atomic E-state index is 6.42. The number of nitrogens with zero attached hydrogens (tertiary/aromatic N) is 6. The molecule has 0 radical (unpaired) electrons. The van der Waals surface area contributed by atoms with Crippen LogP contribution in [-0.2, 0) is 0 Å². The monoisotopic (exact) mass is 331 g/mol. The average molecular weight is 331 g/mol. The van der Waals surface area contributed by atoms with Crippen LogP contribution in [0.3, 0.4) is 0 Å². The van der Waals surface area contributed by atoms with E-state index in [4.69, 9.17) is 5.73 Å². The first-order valence-electron chi connectivity index (χ1n) is 8.03. The van der Waals surface area contributed by atoms with Crippen LogP contribution in [-0.4, -0.2) is 31.5 Å². The molecule has 2 aromatic heterocycles. The van der Waals surface area contributed by atoms with Crippen LogP contribution >= 0.6 is 0 Å². The van der Waals surface area contributed by atoms with E-state index in [1.807, 2.05) is 59.5 Å². The number of nitrogens with two attached hydrogens (primary N) is 1. The lowest BCUT2D eigenvalue weighted by Crippen LogP contribution is -2.20. The molecule has 2 heterocycles. The largest absolute Gasteiger partial charge is 0.393 e. The fourth-order valence-corrected chi connectivity index (χ4v) is 2.85. The van der Waals surface area contributed by atoms with Crippen molar-refractivity contribution >= 4 is 28.2 Å². The second kappa shape index (κ2) is 6.20. The zero-order valence-corrected chi connectivity index (χ0v) is 13.7. The zero-order valence-electron chi connectivity index (χ0n) is 13.7. The van der Waals surface area contributed by atoms with Gasteiger partial charge in [-0.25, -0.2) is 9.97 Å². The fraction of sp³-hybridized carbons (Fsp3) is 0.111. The first-order valence-corrected chi connectivity index (χ1v) is 8.03. The number of aromatic nitrogens is 5. The van der Waals surface area contributed by atoms with E-state index in [-0.39, 0.29) is 0 Å². The third-order valence-electron chi connectivity index (χ3n) is 4.03. The van der Waals surface area contributed by atoms with Crippen LogP contribution in [0.5, 0.6) is 0 Å². The van der Waals surface area contributed by atoms with Crippen LogP contribution in [0.15, 0.2) is 60.9 Å². The van der Waals surface area contributed by atoms with E-state index in [1.165, 1.54) is 6.33 Å². The first-order chi connectivity index (χ1) is 12.3. The van der Waals surface area contributed by atoms with Gasteiger partial charge in [0.25, 0.3) is 0 Å². The third-order valence-corrected chi connectivity index (χ3v) is 4.03. The summed E-state index contributed by atoms with van der Waals surface area (Å²) in [6, 6.07) is 17.7. The van der Waals surface area contributed by atoms with Crippen LogP contribution in [0.25, 0.3) is 16.9 Å². The number of nitrogen functional groups attached to an aromatic ring is 1. The molecular formula is C18H17N7. The summed E-state index contributed by atoms with van der Waals surface area (Å²) in [5.41, 5.74) is 9.54. The standard InChI is InChI=1S/C18H17N7/c1-2-24(13-8-4-3-5-9-13)17-16(19)18(21-12-20-17)25-15-11-7-6-10-14(15)22-23-25/h3-12H,2,19H2,1H3. The Morgan fingerprint density at radius 2 is 1.76 bits per heavy atom. The lowest BCUT2D eigenvalue weighted by atomic mass is 10.2. The number of rotatable bonds is 4. The molecule has 0 aliphatic heterocycles. The maximum atomic E-state index is 6.42. The Balaban J connectivity index is 1.86. The van der Waals surface area contributed by atoms with Crippen molar-refractivity contribution in [3.05, 3.63) is 60.9 Å². The van der Waals surface area contributed by atoms with Gasteiger partial charge in [-0.3, -0.25) is 0 Å². The molecule has 0 atom stereocenters. The first kappa shape index (κ1) is 15.1. The van der Waals surface area contributed by atoms with E-state index in [9.17, 15) is 0 Å². The minimum Gasteiger partial charge on any atom is -0.393 e. The van der Waals surface area contributed by atoms with Gasteiger partial charge in [-0.05, 0) is 31.2 Å². The lowest BCUT2D eigenvalue weighted by molar-refractivity contribution is 0.797. The number of benzene rings is 2. The van der Waals surface area contributed by atoms with E-state index in [0.717, 1.165) is 23.3 Å². The Kier molecular flexibility index (Phi) is 3.74. The molecule has 4 aromatic rings. The molecule has 0 unspecified atom stereocenters. The van der Waals surface area contributed by atoms with E-state index >= 15 is 0 Å². The van der Waals surface area contributed by atoms with Gasteiger partial charge in [-0.15, -0.1) is 5.10 Å². The molecule has 0 bridgehead atoms. The summed E-state index contributed by atoms with van der Waals surface area (Å²) < 4.78 is 1.65. The Hall–Kier alpha value is -3.48. The number of hydrogen-bond acceptors (Lipinski definition) is 6. The summed E-state index contributed by atoms with van der Waals surface area (Å²) in [7, 11) is 0. The van der Waals surface area contributed by atoms with Gasteiger partial charge in [0.15, 0.2) is 11.6 Å². The van der Waals surface area contributed by atoms with E-state index in [2.05, 4.69) is 27.2 Å². The summed E-state index contributed by atoms with van der Waals surface area (Å²) in [4.78, 5) is 10.8. The molecule has 0 aliphatic carbocycles. The summed E-state index contributed by atoms with van der Waals surface area (Å²) in [6.07, 6.45) is 1.50.